The predicted octanol–water partition coefficient (Wildman–Crippen LogP) is 1.53. The maximum Gasteiger partial charge on any atom is 0.202 e. The second-order valence-electron chi connectivity index (χ2n) is 4.11. The lowest BCUT2D eigenvalue weighted by Gasteiger charge is -2.17. The van der Waals surface area contributed by atoms with Gasteiger partial charge in [0.2, 0.25) is 10.0 Å². The molecule has 0 bridgehead atoms. The van der Waals surface area contributed by atoms with Gasteiger partial charge < -0.3 is 15.4 Å². The van der Waals surface area contributed by atoms with Gasteiger partial charge in [0.25, 0.3) is 0 Å². The van der Waals surface area contributed by atoms with E-state index in [0.717, 1.165) is 11.1 Å². The van der Waals surface area contributed by atoms with Crippen LogP contribution in [0, 0.1) is 6.92 Å². The summed E-state index contributed by atoms with van der Waals surface area (Å²) in [6.07, 6.45) is 1.52. The summed E-state index contributed by atoms with van der Waals surface area (Å²) in [6.45, 7) is 2.31. The van der Waals surface area contributed by atoms with Gasteiger partial charge in [-0.25, -0.2) is 8.42 Å². The fraction of sp³-hybridized carbons (Fsp3) is 0.154. The van der Waals surface area contributed by atoms with E-state index in [4.69, 9.17) is 0 Å². The van der Waals surface area contributed by atoms with Crippen LogP contribution in [0.1, 0.15) is 11.1 Å². The molecule has 0 amide bonds. The van der Waals surface area contributed by atoms with Crippen molar-refractivity contribution in [3.8, 4) is 0 Å². The van der Waals surface area contributed by atoms with Crippen LogP contribution in [0.2, 0.25) is 0 Å². The lowest BCUT2D eigenvalue weighted by atomic mass is 10.2. The largest absolute Gasteiger partial charge is 0.442 e. The Morgan fingerprint density at radius 2 is 2.05 bits per heavy atom. The second kappa shape index (κ2) is 5.38. The quantitative estimate of drug-likeness (QED) is 0.919. The number of rotatable bonds is 4. The third kappa shape index (κ3) is 3.10. The minimum Gasteiger partial charge on any atom is -0.442 e. The fourth-order valence-electron chi connectivity index (χ4n) is 1.60. The number of benzene rings is 1. The van der Waals surface area contributed by atoms with E-state index < -0.39 is 10.0 Å². The average molecular weight is 277 g/mol. The van der Waals surface area contributed by atoms with E-state index in [0.29, 0.717) is 6.54 Å². The highest BCUT2D eigenvalue weighted by Gasteiger charge is 2.11. The first-order chi connectivity index (χ1) is 9.03. The van der Waals surface area contributed by atoms with E-state index in [-0.39, 0.29) is 10.7 Å². The van der Waals surface area contributed by atoms with Crippen LogP contribution in [0.15, 0.2) is 47.5 Å². The summed E-state index contributed by atoms with van der Waals surface area (Å²) in [5.74, 6) is 0.225. The van der Waals surface area contributed by atoms with Gasteiger partial charge in [-0.15, -0.1) is 0 Å². The Labute approximate surface area is 112 Å². The number of hydrogen-bond donors (Lipinski definition) is 1. The molecule has 0 saturated heterocycles. The van der Waals surface area contributed by atoms with Crippen molar-refractivity contribution in [2.45, 2.75) is 18.4 Å². The molecule has 100 valence electrons. The van der Waals surface area contributed by atoms with Crippen LogP contribution in [0.5, 0.6) is 0 Å². The van der Waals surface area contributed by atoms with Crippen molar-refractivity contribution in [1.29, 1.82) is 0 Å². The molecule has 0 radical (unpaired) electrons. The van der Waals surface area contributed by atoms with Crippen molar-refractivity contribution in [3.05, 3.63) is 58.4 Å². The number of aryl methyl sites for hydroxylation is 1. The van der Waals surface area contributed by atoms with Gasteiger partial charge in [-0.2, -0.15) is 0 Å². The summed E-state index contributed by atoms with van der Waals surface area (Å²) in [7, 11) is -3.73. The van der Waals surface area contributed by atoms with Crippen molar-refractivity contribution in [3.63, 3.8) is 0 Å². The van der Waals surface area contributed by atoms with Gasteiger partial charge in [0.1, 0.15) is 0 Å². The minimum atomic E-state index is -3.73. The minimum absolute atomic E-state index is 0.165. The van der Waals surface area contributed by atoms with Gasteiger partial charge >= 0.3 is 0 Å². The first kappa shape index (κ1) is 13.5. The van der Waals surface area contributed by atoms with E-state index in [1.54, 1.807) is 31.2 Å². The number of aromatic nitrogens is 1. The molecule has 2 rings (SSSR count). The van der Waals surface area contributed by atoms with Crippen molar-refractivity contribution >= 4 is 15.8 Å². The molecule has 1 aromatic heterocycles. The highest BCUT2D eigenvalue weighted by molar-refractivity contribution is 7.94. The lowest BCUT2D eigenvalue weighted by molar-refractivity contribution is -0.386. The molecule has 3 N–H and O–H groups in total. The fourth-order valence-corrected chi connectivity index (χ4v) is 2.68. The van der Waals surface area contributed by atoms with Gasteiger partial charge in [0.15, 0.2) is 0 Å². The molecule has 5 nitrogen and oxygen atoms in total. The Hall–Kier alpha value is -1.92. The Morgan fingerprint density at radius 3 is 2.74 bits per heavy atom. The van der Waals surface area contributed by atoms with E-state index in [1.807, 2.05) is 6.07 Å². The zero-order valence-corrected chi connectivity index (χ0v) is 11.4. The van der Waals surface area contributed by atoms with Crippen LogP contribution >= 0.6 is 0 Å². The number of pyridine rings is 1. The zero-order valence-electron chi connectivity index (χ0n) is 10.6. The molecule has 2 aromatic rings. The SMILES string of the molecule is Cc1cccnc1[N-]S(=O)(=O)c1cccc(C[NH3+])c1. The molecule has 0 aliphatic rings. The molecule has 0 atom stereocenters. The Kier molecular flexibility index (Phi) is 3.82. The Bertz CT molecular complexity index is 684. The maximum absolute atomic E-state index is 12.2. The van der Waals surface area contributed by atoms with Crippen LogP contribution in [0.25, 0.3) is 4.72 Å². The third-order valence-corrected chi connectivity index (χ3v) is 3.94. The number of sulfonamides is 1. The zero-order chi connectivity index (χ0) is 13.9. The molecule has 0 spiro atoms. The van der Waals surface area contributed by atoms with Crippen LogP contribution in [0.4, 0.5) is 5.82 Å². The number of nitrogens with zero attached hydrogens (tertiary/aromatic N) is 2. The first-order valence-corrected chi connectivity index (χ1v) is 7.25. The van der Waals surface area contributed by atoms with Gasteiger partial charge in [0, 0.05) is 5.56 Å². The molecule has 6 heteroatoms. The maximum atomic E-state index is 12.2. The molecule has 0 unspecified atom stereocenters. The van der Waals surface area contributed by atoms with Gasteiger partial charge in [-0.3, -0.25) is 0 Å². The molecule has 0 aliphatic heterocycles. The van der Waals surface area contributed by atoms with Gasteiger partial charge in [-0.05, 0) is 24.9 Å². The monoisotopic (exact) mass is 277 g/mol. The highest BCUT2D eigenvalue weighted by atomic mass is 32.2. The summed E-state index contributed by atoms with van der Waals surface area (Å²) >= 11 is 0. The molecule has 1 aromatic carbocycles. The van der Waals surface area contributed by atoms with Crippen molar-refractivity contribution in [2.24, 2.45) is 0 Å². The standard InChI is InChI=1S/C13H14N3O2S/c1-10-4-3-7-15-13(10)16-19(17,18)12-6-2-5-11(8-12)9-14/h2-8H,9,14H2,1H3/q-1/p+1. The molecule has 0 saturated carbocycles. The summed E-state index contributed by atoms with van der Waals surface area (Å²) in [6, 6.07) is 10.1. The summed E-state index contributed by atoms with van der Waals surface area (Å²) in [5, 5.41) is 0. The van der Waals surface area contributed by atoms with Gasteiger partial charge in [0.05, 0.1) is 11.4 Å². The summed E-state index contributed by atoms with van der Waals surface area (Å²) in [5.41, 5.74) is 5.32. The molecular weight excluding hydrogens is 262 g/mol. The molecule has 19 heavy (non-hydrogen) atoms. The van der Waals surface area contributed by atoms with E-state index >= 15 is 0 Å². The number of quaternary nitrogens is 1. The van der Waals surface area contributed by atoms with E-state index in [9.17, 15) is 8.42 Å². The van der Waals surface area contributed by atoms with Crippen molar-refractivity contribution < 1.29 is 14.2 Å². The van der Waals surface area contributed by atoms with Crippen LogP contribution in [-0.4, -0.2) is 13.4 Å². The number of hydrogen-bond acceptors (Lipinski definition) is 3. The smallest absolute Gasteiger partial charge is 0.202 e. The van der Waals surface area contributed by atoms with Crippen LogP contribution in [0.3, 0.4) is 0 Å². The molecule has 1 heterocycles. The second-order valence-corrected chi connectivity index (χ2v) is 5.71. The molecule has 0 aliphatic carbocycles. The van der Waals surface area contributed by atoms with E-state index in [2.05, 4.69) is 15.4 Å². The molecular formula is C13H15N3O2S. The highest BCUT2D eigenvalue weighted by Crippen LogP contribution is 2.28. The summed E-state index contributed by atoms with van der Waals surface area (Å²) < 4.78 is 28.2. The van der Waals surface area contributed by atoms with Crippen LogP contribution in [-0.2, 0) is 16.6 Å². The van der Waals surface area contributed by atoms with Crippen molar-refractivity contribution in [2.75, 3.05) is 0 Å². The normalized spacial score (nSPS) is 11.3. The lowest BCUT2D eigenvalue weighted by Crippen LogP contribution is -2.47. The topological polar surface area (TPSA) is 88.8 Å². The Morgan fingerprint density at radius 1 is 1.26 bits per heavy atom. The van der Waals surface area contributed by atoms with E-state index in [1.165, 1.54) is 12.3 Å². The summed E-state index contributed by atoms with van der Waals surface area (Å²) in [4.78, 5) is 4.14. The average Bonchev–Trinajstić information content (AvgIpc) is 2.41. The van der Waals surface area contributed by atoms with Gasteiger partial charge in [-0.1, -0.05) is 36.0 Å². The van der Waals surface area contributed by atoms with Crippen LogP contribution < -0.4 is 5.73 Å². The molecule has 0 fully saturated rings. The third-order valence-electron chi connectivity index (χ3n) is 2.67. The van der Waals surface area contributed by atoms with Crippen molar-refractivity contribution in [1.82, 2.24) is 4.98 Å². The Balaban J connectivity index is 2.35. The first-order valence-electron chi connectivity index (χ1n) is 5.81. The predicted molar refractivity (Wildman–Crippen MR) is 72.2 cm³/mol.